The summed E-state index contributed by atoms with van der Waals surface area (Å²) in [5.41, 5.74) is 0. The molecule has 1 amide bonds. The molecule has 1 atom stereocenters. The highest BCUT2D eigenvalue weighted by molar-refractivity contribution is 5.79. The van der Waals surface area contributed by atoms with Gasteiger partial charge in [0.05, 0.1) is 5.92 Å². The molecule has 4 heteroatoms. The van der Waals surface area contributed by atoms with Crippen molar-refractivity contribution in [2.45, 2.75) is 25.7 Å². The van der Waals surface area contributed by atoms with Crippen molar-refractivity contribution in [3.8, 4) is 0 Å². The van der Waals surface area contributed by atoms with Gasteiger partial charge in [0.15, 0.2) is 0 Å². The molecule has 2 N–H and O–H groups in total. The lowest BCUT2D eigenvalue weighted by Crippen LogP contribution is -2.46. The van der Waals surface area contributed by atoms with Crippen molar-refractivity contribution in [3.63, 3.8) is 0 Å². The summed E-state index contributed by atoms with van der Waals surface area (Å²) in [6.45, 7) is 3.84. The minimum absolute atomic E-state index is 0.194. The van der Waals surface area contributed by atoms with E-state index in [1.165, 1.54) is 0 Å². The number of aliphatic hydroxyl groups is 1. The van der Waals surface area contributed by atoms with Gasteiger partial charge in [-0.15, -0.1) is 0 Å². The van der Waals surface area contributed by atoms with Gasteiger partial charge in [-0.3, -0.25) is 4.79 Å². The highest BCUT2D eigenvalue weighted by Crippen LogP contribution is 2.20. The summed E-state index contributed by atoms with van der Waals surface area (Å²) < 4.78 is 0. The van der Waals surface area contributed by atoms with Gasteiger partial charge in [-0.05, 0) is 38.1 Å². The molecule has 0 aromatic carbocycles. The maximum atomic E-state index is 12.2. The first-order chi connectivity index (χ1) is 7.81. The van der Waals surface area contributed by atoms with Gasteiger partial charge in [-0.25, -0.2) is 0 Å². The van der Waals surface area contributed by atoms with Crippen molar-refractivity contribution in [2.75, 3.05) is 32.8 Å². The average Bonchev–Trinajstić information content (AvgIpc) is 2.39. The molecule has 0 aromatic rings. The van der Waals surface area contributed by atoms with Crippen molar-refractivity contribution >= 4 is 5.91 Å². The van der Waals surface area contributed by atoms with E-state index in [9.17, 15) is 4.79 Å². The standard InChI is InChI=1S/C12H22N2O2/c15-9-10-3-6-14(7-4-10)12(16)11-2-1-5-13-8-11/h10-11,13,15H,1-9H2/t11-/m0/s1. The van der Waals surface area contributed by atoms with Crippen molar-refractivity contribution in [1.29, 1.82) is 0 Å². The summed E-state index contributed by atoms with van der Waals surface area (Å²) in [5.74, 6) is 0.927. The summed E-state index contributed by atoms with van der Waals surface area (Å²) in [6.07, 6.45) is 4.07. The molecule has 2 aliphatic rings. The zero-order chi connectivity index (χ0) is 11.4. The van der Waals surface area contributed by atoms with Gasteiger partial charge in [0, 0.05) is 26.2 Å². The predicted octanol–water partition coefficient (Wildman–Crippen LogP) is 0.217. The summed E-state index contributed by atoms with van der Waals surface area (Å²) in [7, 11) is 0. The molecular formula is C12H22N2O2. The molecule has 2 aliphatic heterocycles. The molecule has 2 fully saturated rings. The Labute approximate surface area is 97.0 Å². The third-order valence-corrected chi connectivity index (χ3v) is 3.83. The second kappa shape index (κ2) is 5.64. The van der Waals surface area contributed by atoms with Gasteiger partial charge in [0.25, 0.3) is 0 Å². The van der Waals surface area contributed by atoms with E-state index in [1.54, 1.807) is 0 Å². The average molecular weight is 226 g/mol. The number of piperidine rings is 2. The fourth-order valence-electron chi connectivity index (χ4n) is 2.66. The zero-order valence-electron chi connectivity index (χ0n) is 9.82. The highest BCUT2D eigenvalue weighted by atomic mass is 16.3. The lowest BCUT2D eigenvalue weighted by molar-refractivity contribution is -0.137. The quantitative estimate of drug-likeness (QED) is 0.708. The third kappa shape index (κ3) is 2.74. The number of hydrogen-bond donors (Lipinski definition) is 2. The van der Waals surface area contributed by atoms with E-state index in [-0.39, 0.29) is 12.5 Å². The maximum absolute atomic E-state index is 12.2. The van der Waals surface area contributed by atoms with Gasteiger partial charge in [-0.2, -0.15) is 0 Å². The molecule has 0 aromatic heterocycles. The first-order valence-electron chi connectivity index (χ1n) is 6.41. The molecule has 0 spiro atoms. The van der Waals surface area contributed by atoms with Crippen LogP contribution in [0.3, 0.4) is 0 Å². The molecule has 2 heterocycles. The number of carbonyl (C=O) groups is 1. The van der Waals surface area contributed by atoms with Crippen LogP contribution in [0.5, 0.6) is 0 Å². The monoisotopic (exact) mass is 226 g/mol. The molecule has 0 saturated carbocycles. The number of carbonyl (C=O) groups excluding carboxylic acids is 1. The normalized spacial score (nSPS) is 28.1. The van der Waals surface area contributed by atoms with Gasteiger partial charge in [0.1, 0.15) is 0 Å². The summed E-state index contributed by atoms with van der Waals surface area (Å²) >= 11 is 0. The van der Waals surface area contributed by atoms with Crippen LogP contribution in [0.2, 0.25) is 0 Å². The molecule has 0 unspecified atom stereocenters. The maximum Gasteiger partial charge on any atom is 0.226 e. The van der Waals surface area contributed by atoms with E-state index < -0.39 is 0 Å². The van der Waals surface area contributed by atoms with Crippen molar-refractivity contribution < 1.29 is 9.90 Å². The molecule has 92 valence electrons. The van der Waals surface area contributed by atoms with Crippen LogP contribution < -0.4 is 5.32 Å². The van der Waals surface area contributed by atoms with E-state index in [4.69, 9.17) is 5.11 Å². The Morgan fingerprint density at radius 2 is 2.06 bits per heavy atom. The van der Waals surface area contributed by atoms with Crippen LogP contribution in [0, 0.1) is 11.8 Å². The molecular weight excluding hydrogens is 204 g/mol. The Hall–Kier alpha value is -0.610. The van der Waals surface area contributed by atoms with E-state index in [0.717, 1.165) is 51.9 Å². The van der Waals surface area contributed by atoms with Crippen LogP contribution in [0.4, 0.5) is 0 Å². The largest absolute Gasteiger partial charge is 0.396 e. The van der Waals surface area contributed by atoms with Crippen molar-refractivity contribution in [3.05, 3.63) is 0 Å². The lowest BCUT2D eigenvalue weighted by atomic mass is 9.94. The summed E-state index contributed by atoms with van der Waals surface area (Å²) in [5, 5.41) is 12.3. The number of nitrogens with one attached hydrogen (secondary N) is 1. The fourth-order valence-corrected chi connectivity index (χ4v) is 2.66. The predicted molar refractivity (Wildman–Crippen MR) is 62.0 cm³/mol. The van der Waals surface area contributed by atoms with Gasteiger partial charge in [-0.1, -0.05) is 0 Å². The van der Waals surface area contributed by atoms with E-state index in [0.29, 0.717) is 11.8 Å². The lowest BCUT2D eigenvalue weighted by Gasteiger charge is -2.34. The minimum Gasteiger partial charge on any atom is -0.396 e. The smallest absolute Gasteiger partial charge is 0.226 e. The van der Waals surface area contributed by atoms with Crippen LogP contribution in [-0.4, -0.2) is 48.7 Å². The number of hydrogen-bond acceptors (Lipinski definition) is 3. The van der Waals surface area contributed by atoms with Gasteiger partial charge >= 0.3 is 0 Å². The molecule has 0 aliphatic carbocycles. The van der Waals surface area contributed by atoms with E-state index >= 15 is 0 Å². The van der Waals surface area contributed by atoms with Crippen LogP contribution in [-0.2, 0) is 4.79 Å². The Morgan fingerprint density at radius 3 is 2.62 bits per heavy atom. The second-order valence-corrected chi connectivity index (χ2v) is 4.99. The zero-order valence-corrected chi connectivity index (χ0v) is 9.82. The molecule has 0 radical (unpaired) electrons. The molecule has 16 heavy (non-hydrogen) atoms. The number of nitrogens with zero attached hydrogens (tertiary/aromatic N) is 1. The molecule has 4 nitrogen and oxygen atoms in total. The highest BCUT2D eigenvalue weighted by Gasteiger charge is 2.28. The van der Waals surface area contributed by atoms with Crippen LogP contribution in [0.15, 0.2) is 0 Å². The Kier molecular flexibility index (Phi) is 4.18. The van der Waals surface area contributed by atoms with E-state index in [1.807, 2.05) is 4.90 Å². The number of rotatable bonds is 2. The first kappa shape index (κ1) is 11.9. The first-order valence-corrected chi connectivity index (χ1v) is 6.41. The number of likely N-dealkylation sites (tertiary alicyclic amines) is 1. The summed E-state index contributed by atoms with van der Waals surface area (Å²) in [6, 6.07) is 0. The van der Waals surface area contributed by atoms with Crippen molar-refractivity contribution in [2.24, 2.45) is 11.8 Å². The van der Waals surface area contributed by atoms with Crippen LogP contribution in [0.1, 0.15) is 25.7 Å². The molecule has 2 rings (SSSR count). The van der Waals surface area contributed by atoms with Crippen LogP contribution >= 0.6 is 0 Å². The van der Waals surface area contributed by atoms with Gasteiger partial charge in [0.2, 0.25) is 5.91 Å². The Bertz CT molecular complexity index is 231. The third-order valence-electron chi connectivity index (χ3n) is 3.83. The van der Waals surface area contributed by atoms with Crippen LogP contribution in [0.25, 0.3) is 0 Å². The minimum atomic E-state index is 0.194. The summed E-state index contributed by atoms with van der Waals surface area (Å²) in [4.78, 5) is 14.2. The number of amides is 1. The van der Waals surface area contributed by atoms with E-state index in [2.05, 4.69) is 5.32 Å². The molecule has 0 bridgehead atoms. The van der Waals surface area contributed by atoms with Gasteiger partial charge < -0.3 is 15.3 Å². The second-order valence-electron chi connectivity index (χ2n) is 4.99. The van der Waals surface area contributed by atoms with Crippen molar-refractivity contribution in [1.82, 2.24) is 10.2 Å². The Balaban J connectivity index is 1.81. The topological polar surface area (TPSA) is 52.6 Å². The molecule has 2 saturated heterocycles. The number of aliphatic hydroxyl groups excluding tert-OH is 1. The SMILES string of the molecule is O=C([C@H]1CCCNC1)N1CCC(CO)CC1. The Morgan fingerprint density at radius 1 is 1.31 bits per heavy atom. The fraction of sp³-hybridized carbons (Fsp3) is 0.917.